The van der Waals surface area contributed by atoms with E-state index in [9.17, 15) is 9.59 Å². The fraction of sp³-hybridized carbons (Fsp3) is 0.688. The first kappa shape index (κ1) is 16.9. The molecule has 2 saturated heterocycles. The first-order chi connectivity index (χ1) is 11.6. The van der Waals surface area contributed by atoms with Crippen molar-refractivity contribution in [3.05, 3.63) is 22.6 Å². The lowest BCUT2D eigenvalue weighted by atomic mass is 10.1. The number of aromatic nitrogens is 2. The van der Waals surface area contributed by atoms with E-state index in [0.29, 0.717) is 32.2 Å². The Morgan fingerprint density at radius 1 is 1.38 bits per heavy atom. The third kappa shape index (κ3) is 4.33. The van der Waals surface area contributed by atoms with Gasteiger partial charge in [-0.1, -0.05) is 0 Å². The van der Waals surface area contributed by atoms with Crippen molar-refractivity contribution in [1.29, 1.82) is 0 Å². The van der Waals surface area contributed by atoms with E-state index in [4.69, 9.17) is 4.74 Å². The maximum atomic E-state index is 12.0. The van der Waals surface area contributed by atoms with Crippen LogP contribution in [-0.4, -0.2) is 73.1 Å². The van der Waals surface area contributed by atoms with Crippen LogP contribution in [0, 0.1) is 5.92 Å². The number of anilines is 1. The molecule has 2 aliphatic rings. The van der Waals surface area contributed by atoms with Crippen LogP contribution in [0.25, 0.3) is 0 Å². The Hall–Kier alpha value is -1.93. The molecule has 8 heteroatoms. The molecule has 8 nitrogen and oxygen atoms in total. The number of hydrogen-bond acceptors (Lipinski definition) is 6. The molecule has 3 rings (SSSR count). The van der Waals surface area contributed by atoms with Crippen molar-refractivity contribution in [2.45, 2.75) is 6.42 Å². The van der Waals surface area contributed by atoms with E-state index < -0.39 is 0 Å². The number of ether oxygens (including phenoxy) is 1. The summed E-state index contributed by atoms with van der Waals surface area (Å²) >= 11 is 0. The molecule has 132 valence electrons. The average Bonchev–Trinajstić information content (AvgIpc) is 3.05. The Kier molecular flexibility index (Phi) is 5.47. The molecule has 2 fully saturated rings. The number of rotatable bonds is 5. The van der Waals surface area contributed by atoms with Crippen molar-refractivity contribution in [1.82, 2.24) is 20.0 Å². The van der Waals surface area contributed by atoms with Crippen LogP contribution in [0.4, 0.5) is 5.69 Å². The minimum atomic E-state index is -0.102. The van der Waals surface area contributed by atoms with Gasteiger partial charge in [-0.05, 0) is 12.3 Å². The van der Waals surface area contributed by atoms with Gasteiger partial charge >= 0.3 is 0 Å². The lowest BCUT2D eigenvalue weighted by Crippen LogP contribution is -2.44. The van der Waals surface area contributed by atoms with Gasteiger partial charge in [0.15, 0.2) is 0 Å². The molecule has 1 N–H and O–H groups in total. The van der Waals surface area contributed by atoms with Crippen molar-refractivity contribution in [3.63, 3.8) is 0 Å². The maximum Gasteiger partial charge on any atom is 0.268 e. The molecular weight excluding hydrogens is 310 g/mol. The molecule has 0 radical (unpaired) electrons. The van der Waals surface area contributed by atoms with E-state index >= 15 is 0 Å². The zero-order chi connectivity index (χ0) is 16.9. The van der Waals surface area contributed by atoms with E-state index in [-0.39, 0.29) is 11.5 Å². The zero-order valence-corrected chi connectivity index (χ0v) is 14.1. The standard InChI is InChI=1S/C16H25N5O3/c1-19-16(23)8-14(10-18-19)21-3-2-13(11-21)9-17-15(22)12-20-4-6-24-7-5-20/h8,10,13H,2-7,9,11-12H2,1H3,(H,17,22)/t13-/m1/s1. The summed E-state index contributed by atoms with van der Waals surface area (Å²) in [5.41, 5.74) is 0.759. The molecule has 1 atom stereocenters. The van der Waals surface area contributed by atoms with Gasteiger partial charge in [0.1, 0.15) is 0 Å². The second-order valence-electron chi connectivity index (χ2n) is 6.47. The molecule has 0 saturated carbocycles. The van der Waals surface area contributed by atoms with E-state index in [1.807, 2.05) is 0 Å². The first-order valence-corrected chi connectivity index (χ1v) is 8.47. The van der Waals surface area contributed by atoms with Crippen LogP contribution < -0.4 is 15.8 Å². The van der Waals surface area contributed by atoms with E-state index in [2.05, 4.69) is 20.2 Å². The first-order valence-electron chi connectivity index (χ1n) is 8.47. The van der Waals surface area contributed by atoms with Gasteiger partial charge in [-0.25, -0.2) is 4.68 Å². The minimum Gasteiger partial charge on any atom is -0.379 e. The fourth-order valence-electron chi connectivity index (χ4n) is 3.14. The summed E-state index contributed by atoms with van der Waals surface area (Å²) in [7, 11) is 1.64. The number of hydrogen-bond donors (Lipinski definition) is 1. The number of aryl methyl sites for hydroxylation is 1. The number of nitrogens with zero attached hydrogens (tertiary/aromatic N) is 4. The number of amides is 1. The molecule has 1 amide bonds. The SMILES string of the molecule is Cn1ncc(N2CC[C@H](CNC(=O)CN3CCOCC3)C2)cc1=O. The van der Waals surface area contributed by atoms with E-state index in [0.717, 1.165) is 38.3 Å². The molecule has 3 heterocycles. The Bertz CT molecular complexity index is 626. The van der Waals surface area contributed by atoms with Crippen molar-refractivity contribution in [2.75, 3.05) is 57.4 Å². The van der Waals surface area contributed by atoms with E-state index in [1.165, 1.54) is 4.68 Å². The van der Waals surface area contributed by atoms with Gasteiger partial charge in [0, 0.05) is 45.8 Å². The summed E-state index contributed by atoms with van der Waals surface area (Å²) in [5, 5.41) is 7.10. The Morgan fingerprint density at radius 2 is 2.17 bits per heavy atom. The fourth-order valence-corrected chi connectivity index (χ4v) is 3.14. The number of nitrogens with one attached hydrogen (secondary N) is 1. The summed E-state index contributed by atoms with van der Waals surface area (Å²) in [5.74, 6) is 0.480. The summed E-state index contributed by atoms with van der Waals surface area (Å²) in [6.45, 7) is 5.90. The van der Waals surface area contributed by atoms with Gasteiger partial charge in [0.05, 0.1) is 31.6 Å². The quantitative estimate of drug-likeness (QED) is 0.748. The minimum absolute atomic E-state index is 0.0746. The molecule has 0 spiro atoms. The molecule has 1 aromatic rings. The monoisotopic (exact) mass is 335 g/mol. The third-order valence-electron chi connectivity index (χ3n) is 4.66. The maximum absolute atomic E-state index is 12.0. The van der Waals surface area contributed by atoms with Crippen LogP contribution in [-0.2, 0) is 16.6 Å². The number of carbonyl (C=O) groups excluding carboxylic acids is 1. The molecular formula is C16H25N5O3. The molecule has 2 aliphatic heterocycles. The van der Waals surface area contributed by atoms with Crippen LogP contribution in [0.2, 0.25) is 0 Å². The topological polar surface area (TPSA) is 79.7 Å². The second-order valence-corrected chi connectivity index (χ2v) is 6.47. The van der Waals surface area contributed by atoms with Gasteiger partial charge in [-0.15, -0.1) is 0 Å². The Labute approximate surface area is 141 Å². The van der Waals surface area contributed by atoms with Gasteiger partial charge in [0.25, 0.3) is 5.56 Å². The highest BCUT2D eigenvalue weighted by molar-refractivity contribution is 5.78. The normalized spacial score (nSPS) is 21.9. The molecule has 0 aliphatic carbocycles. The van der Waals surface area contributed by atoms with Crippen LogP contribution in [0.3, 0.4) is 0 Å². The van der Waals surface area contributed by atoms with Gasteiger partial charge < -0.3 is 15.0 Å². The highest BCUT2D eigenvalue weighted by atomic mass is 16.5. The lowest BCUT2D eigenvalue weighted by molar-refractivity contribution is -0.123. The number of carbonyl (C=O) groups is 1. The van der Waals surface area contributed by atoms with Crippen molar-refractivity contribution >= 4 is 11.6 Å². The van der Waals surface area contributed by atoms with Crippen molar-refractivity contribution < 1.29 is 9.53 Å². The second kappa shape index (κ2) is 7.76. The van der Waals surface area contributed by atoms with Gasteiger partial charge in [-0.2, -0.15) is 5.10 Å². The largest absolute Gasteiger partial charge is 0.379 e. The van der Waals surface area contributed by atoms with E-state index in [1.54, 1.807) is 19.3 Å². The summed E-state index contributed by atoms with van der Waals surface area (Å²) in [4.78, 5) is 28.0. The zero-order valence-electron chi connectivity index (χ0n) is 14.1. The van der Waals surface area contributed by atoms with Gasteiger partial charge in [0.2, 0.25) is 5.91 Å². The molecule has 0 aromatic carbocycles. The van der Waals surface area contributed by atoms with Crippen molar-refractivity contribution in [2.24, 2.45) is 13.0 Å². The number of morpholine rings is 1. The highest BCUT2D eigenvalue weighted by Crippen LogP contribution is 2.21. The predicted octanol–water partition coefficient (Wildman–Crippen LogP) is -0.945. The third-order valence-corrected chi connectivity index (χ3v) is 4.66. The lowest BCUT2D eigenvalue weighted by Gasteiger charge is -2.26. The van der Waals surface area contributed by atoms with Crippen molar-refractivity contribution in [3.8, 4) is 0 Å². The summed E-state index contributed by atoms with van der Waals surface area (Å²) in [6, 6.07) is 1.62. The van der Waals surface area contributed by atoms with Crippen LogP contribution >= 0.6 is 0 Å². The van der Waals surface area contributed by atoms with Gasteiger partial charge in [-0.3, -0.25) is 14.5 Å². The Balaban J connectivity index is 1.43. The predicted molar refractivity (Wildman–Crippen MR) is 90.1 cm³/mol. The molecule has 1 aromatic heterocycles. The molecule has 0 unspecified atom stereocenters. The molecule has 0 bridgehead atoms. The average molecular weight is 335 g/mol. The summed E-state index contributed by atoms with van der Waals surface area (Å²) in [6.07, 6.45) is 2.73. The smallest absolute Gasteiger partial charge is 0.268 e. The molecule has 24 heavy (non-hydrogen) atoms. The Morgan fingerprint density at radius 3 is 2.92 bits per heavy atom. The highest BCUT2D eigenvalue weighted by Gasteiger charge is 2.24. The summed E-state index contributed by atoms with van der Waals surface area (Å²) < 4.78 is 6.61. The van der Waals surface area contributed by atoms with Crippen LogP contribution in [0.1, 0.15) is 6.42 Å². The van der Waals surface area contributed by atoms with Crippen LogP contribution in [0.5, 0.6) is 0 Å². The van der Waals surface area contributed by atoms with Crippen LogP contribution in [0.15, 0.2) is 17.1 Å².